The molecule has 1 aliphatic heterocycles. The minimum absolute atomic E-state index is 0. The van der Waals surface area contributed by atoms with Crippen LogP contribution in [0.2, 0.25) is 0 Å². The smallest absolute Gasteiger partial charge is 0.341 e. The summed E-state index contributed by atoms with van der Waals surface area (Å²) in [5.41, 5.74) is 4.34. The fourth-order valence-corrected chi connectivity index (χ4v) is 5.30. The number of fused-ring (bicyclic) bond motifs is 1. The summed E-state index contributed by atoms with van der Waals surface area (Å²) < 4.78 is 5.34. The van der Waals surface area contributed by atoms with Crippen molar-refractivity contribution in [2.75, 3.05) is 37.5 Å². The van der Waals surface area contributed by atoms with Gasteiger partial charge in [0, 0.05) is 49.9 Å². The van der Waals surface area contributed by atoms with Crippen LogP contribution in [0.5, 0.6) is 0 Å². The lowest BCUT2D eigenvalue weighted by Gasteiger charge is -2.27. The third kappa shape index (κ3) is 5.78. The molecule has 0 fully saturated rings. The molecular weight excluding hydrogens is 470 g/mol. The van der Waals surface area contributed by atoms with E-state index in [0.29, 0.717) is 22.7 Å². The highest BCUT2D eigenvalue weighted by Gasteiger charge is 2.29. The van der Waals surface area contributed by atoms with Gasteiger partial charge in [-0.25, -0.2) is 4.79 Å². The van der Waals surface area contributed by atoms with Gasteiger partial charge < -0.3 is 15.0 Å². The molecule has 0 aliphatic carbocycles. The first-order valence-electron chi connectivity index (χ1n) is 11.1. The van der Waals surface area contributed by atoms with E-state index in [0.717, 1.165) is 42.2 Å². The van der Waals surface area contributed by atoms with E-state index in [1.54, 1.807) is 19.1 Å². The molecule has 4 rings (SSSR count). The zero-order valence-electron chi connectivity index (χ0n) is 19.7. The number of nitrogens with one attached hydrogen (secondary N) is 1. The molecule has 1 N–H and O–H groups in total. The van der Waals surface area contributed by atoms with Gasteiger partial charge in [0.05, 0.1) is 12.2 Å². The molecule has 0 bridgehead atoms. The Morgan fingerprint density at radius 2 is 1.79 bits per heavy atom. The molecule has 1 aliphatic rings. The van der Waals surface area contributed by atoms with Crippen molar-refractivity contribution in [2.24, 2.45) is 0 Å². The van der Waals surface area contributed by atoms with E-state index < -0.39 is 0 Å². The Morgan fingerprint density at radius 1 is 1.09 bits per heavy atom. The predicted molar refractivity (Wildman–Crippen MR) is 141 cm³/mol. The number of ether oxygens (including phenoxy) is 1. The van der Waals surface area contributed by atoms with Crippen LogP contribution in [-0.2, 0) is 24.2 Å². The Bertz CT molecular complexity index is 1130. The van der Waals surface area contributed by atoms with Crippen LogP contribution in [0, 0.1) is 0 Å². The molecule has 2 aromatic carbocycles. The van der Waals surface area contributed by atoms with Crippen LogP contribution in [0.1, 0.15) is 43.6 Å². The summed E-state index contributed by atoms with van der Waals surface area (Å²) in [6.45, 7) is 4.54. The molecule has 6 nitrogen and oxygen atoms in total. The van der Waals surface area contributed by atoms with Crippen molar-refractivity contribution >= 4 is 46.3 Å². The van der Waals surface area contributed by atoms with E-state index in [1.807, 2.05) is 49.3 Å². The Morgan fingerprint density at radius 3 is 2.44 bits per heavy atom. The molecule has 0 saturated carbocycles. The van der Waals surface area contributed by atoms with Gasteiger partial charge in [0.2, 0.25) is 0 Å². The van der Waals surface area contributed by atoms with Crippen molar-refractivity contribution in [1.29, 1.82) is 0 Å². The summed E-state index contributed by atoms with van der Waals surface area (Å²) in [5, 5.41) is 3.55. The van der Waals surface area contributed by atoms with E-state index >= 15 is 0 Å². The SMILES string of the molecule is CCOC(=O)c1c(NC(=O)c2ccc(N(C)C)cc2)sc2c1CCN(Cc1ccccc1)C2.Cl. The highest BCUT2D eigenvalue weighted by atomic mass is 35.5. The number of hydrogen-bond acceptors (Lipinski definition) is 6. The minimum Gasteiger partial charge on any atom is -0.462 e. The second-order valence-corrected chi connectivity index (χ2v) is 9.38. The number of halogens is 1. The van der Waals surface area contributed by atoms with Gasteiger partial charge in [0.25, 0.3) is 5.91 Å². The molecule has 0 atom stereocenters. The lowest BCUT2D eigenvalue weighted by atomic mass is 10.0. The molecule has 1 aromatic heterocycles. The normalized spacial score (nSPS) is 12.9. The number of esters is 1. The molecule has 180 valence electrons. The first-order chi connectivity index (χ1) is 16.0. The van der Waals surface area contributed by atoms with Gasteiger partial charge in [-0.05, 0) is 48.7 Å². The number of carbonyl (C=O) groups excluding carboxylic acids is 2. The fourth-order valence-electron chi connectivity index (χ4n) is 4.03. The quantitative estimate of drug-likeness (QED) is 0.451. The standard InChI is InChI=1S/C26H29N3O3S.ClH/c1-4-32-26(31)23-21-14-15-29(16-18-8-6-5-7-9-18)17-22(21)33-25(23)27-24(30)19-10-12-20(13-11-19)28(2)3;/h5-13H,4,14-17H2,1-3H3,(H,27,30);1H. The first kappa shape index (κ1) is 25.7. The number of hydrogen-bond donors (Lipinski definition) is 1. The maximum atomic E-state index is 13.0. The molecule has 0 saturated heterocycles. The van der Waals surface area contributed by atoms with Crippen LogP contribution in [0.3, 0.4) is 0 Å². The number of rotatable bonds is 7. The number of benzene rings is 2. The zero-order valence-corrected chi connectivity index (χ0v) is 21.3. The molecule has 1 amide bonds. The largest absolute Gasteiger partial charge is 0.462 e. The third-order valence-electron chi connectivity index (χ3n) is 5.74. The van der Waals surface area contributed by atoms with Crippen LogP contribution in [-0.4, -0.2) is 44.0 Å². The summed E-state index contributed by atoms with van der Waals surface area (Å²) >= 11 is 1.48. The van der Waals surface area contributed by atoms with E-state index in [1.165, 1.54) is 16.9 Å². The molecular formula is C26H30ClN3O3S. The number of thiophene rings is 1. The van der Waals surface area contributed by atoms with E-state index in [-0.39, 0.29) is 24.3 Å². The highest BCUT2D eigenvalue weighted by Crippen LogP contribution is 2.38. The summed E-state index contributed by atoms with van der Waals surface area (Å²) in [6, 6.07) is 17.8. The lowest BCUT2D eigenvalue weighted by Crippen LogP contribution is -2.29. The zero-order chi connectivity index (χ0) is 23.4. The Hall–Kier alpha value is -2.87. The molecule has 34 heavy (non-hydrogen) atoms. The number of amides is 1. The first-order valence-corrected chi connectivity index (χ1v) is 11.9. The van der Waals surface area contributed by atoms with Gasteiger partial charge in [-0.1, -0.05) is 30.3 Å². The van der Waals surface area contributed by atoms with Crippen LogP contribution in [0.4, 0.5) is 10.7 Å². The topological polar surface area (TPSA) is 61.9 Å². The summed E-state index contributed by atoms with van der Waals surface area (Å²) in [5.74, 6) is -0.602. The maximum absolute atomic E-state index is 13.0. The molecule has 0 unspecified atom stereocenters. The van der Waals surface area contributed by atoms with Gasteiger partial charge in [-0.2, -0.15) is 0 Å². The fraction of sp³-hybridized carbons (Fsp3) is 0.308. The molecule has 8 heteroatoms. The van der Waals surface area contributed by atoms with Gasteiger partial charge in [-0.3, -0.25) is 9.69 Å². The van der Waals surface area contributed by atoms with Crippen molar-refractivity contribution in [1.82, 2.24) is 4.90 Å². The van der Waals surface area contributed by atoms with Crippen LogP contribution >= 0.6 is 23.7 Å². The van der Waals surface area contributed by atoms with Crippen molar-refractivity contribution in [3.63, 3.8) is 0 Å². The second-order valence-electron chi connectivity index (χ2n) is 8.27. The summed E-state index contributed by atoms with van der Waals surface area (Å²) in [7, 11) is 3.91. The Kier molecular flexibility index (Phi) is 8.72. The number of nitrogens with zero attached hydrogens (tertiary/aromatic N) is 2. The van der Waals surface area contributed by atoms with Crippen molar-refractivity contribution in [3.05, 3.63) is 81.7 Å². The predicted octanol–water partition coefficient (Wildman–Crippen LogP) is 5.22. The lowest BCUT2D eigenvalue weighted by molar-refractivity contribution is 0.0526. The van der Waals surface area contributed by atoms with E-state index in [4.69, 9.17) is 4.74 Å². The van der Waals surface area contributed by atoms with Crippen molar-refractivity contribution in [3.8, 4) is 0 Å². The molecule has 0 radical (unpaired) electrons. The third-order valence-corrected chi connectivity index (χ3v) is 6.87. The van der Waals surface area contributed by atoms with Crippen molar-refractivity contribution in [2.45, 2.75) is 26.4 Å². The molecule has 3 aromatic rings. The summed E-state index contributed by atoms with van der Waals surface area (Å²) in [6.07, 6.45) is 0.750. The minimum atomic E-state index is -0.371. The van der Waals surface area contributed by atoms with Crippen LogP contribution in [0.25, 0.3) is 0 Å². The van der Waals surface area contributed by atoms with Crippen LogP contribution < -0.4 is 10.2 Å². The van der Waals surface area contributed by atoms with Crippen LogP contribution in [0.15, 0.2) is 54.6 Å². The highest BCUT2D eigenvalue weighted by molar-refractivity contribution is 7.17. The van der Waals surface area contributed by atoms with E-state index in [9.17, 15) is 9.59 Å². The van der Waals surface area contributed by atoms with Gasteiger partial charge in [0.1, 0.15) is 5.00 Å². The average Bonchev–Trinajstić information content (AvgIpc) is 3.17. The molecule has 2 heterocycles. The Balaban J connectivity index is 0.00000324. The van der Waals surface area contributed by atoms with Gasteiger partial charge >= 0.3 is 5.97 Å². The average molecular weight is 500 g/mol. The monoisotopic (exact) mass is 499 g/mol. The molecule has 0 spiro atoms. The maximum Gasteiger partial charge on any atom is 0.341 e. The Labute approximate surface area is 210 Å². The van der Waals surface area contributed by atoms with Gasteiger partial charge in [0.15, 0.2) is 0 Å². The second kappa shape index (κ2) is 11.5. The van der Waals surface area contributed by atoms with Crippen molar-refractivity contribution < 1.29 is 14.3 Å². The summed E-state index contributed by atoms with van der Waals surface area (Å²) in [4.78, 5) is 31.2. The van der Waals surface area contributed by atoms with Gasteiger partial charge in [-0.15, -0.1) is 23.7 Å². The van der Waals surface area contributed by atoms with E-state index in [2.05, 4.69) is 22.3 Å². The number of anilines is 2. The number of carbonyl (C=O) groups is 2.